The molecule has 1 amide bonds. The molecule has 0 spiro atoms. The number of methoxy groups -OCH3 is 1. The van der Waals surface area contributed by atoms with Crippen LogP contribution in [0, 0.1) is 6.92 Å². The Morgan fingerprint density at radius 2 is 2.00 bits per heavy atom. The summed E-state index contributed by atoms with van der Waals surface area (Å²) >= 11 is 0. The molecule has 0 fully saturated rings. The van der Waals surface area contributed by atoms with E-state index in [1.807, 2.05) is 36.7 Å². The molecule has 23 heavy (non-hydrogen) atoms. The largest absolute Gasteiger partial charge is 0.497 e. The third-order valence-corrected chi connectivity index (χ3v) is 4.43. The Bertz CT molecular complexity index is 840. The first kappa shape index (κ1) is 17.3. The maximum absolute atomic E-state index is 12.5. The van der Waals surface area contributed by atoms with Gasteiger partial charge in [0.1, 0.15) is 5.75 Å². The van der Waals surface area contributed by atoms with Gasteiger partial charge >= 0.3 is 0 Å². The zero-order valence-corrected chi connectivity index (χ0v) is 14.5. The molecule has 0 aliphatic heterocycles. The van der Waals surface area contributed by atoms with Crippen LogP contribution in [0.3, 0.4) is 0 Å². The van der Waals surface area contributed by atoms with E-state index >= 15 is 0 Å². The first-order chi connectivity index (χ1) is 10.7. The van der Waals surface area contributed by atoms with Gasteiger partial charge < -0.3 is 14.6 Å². The van der Waals surface area contributed by atoms with E-state index in [0.717, 1.165) is 22.9 Å². The predicted octanol–water partition coefficient (Wildman–Crippen LogP) is 0.774. The van der Waals surface area contributed by atoms with E-state index in [2.05, 4.69) is 10.0 Å². The lowest BCUT2D eigenvalue weighted by atomic mass is 10.1. The number of ether oxygens (including phenoxy) is 1. The van der Waals surface area contributed by atoms with Gasteiger partial charge in [0.15, 0.2) is 0 Å². The summed E-state index contributed by atoms with van der Waals surface area (Å²) in [6, 6.07) is 5.58. The lowest BCUT2D eigenvalue weighted by molar-refractivity contribution is 0.0955. The zero-order chi connectivity index (χ0) is 17.2. The maximum atomic E-state index is 12.5. The first-order valence-electron chi connectivity index (χ1n) is 7.10. The summed E-state index contributed by atoms with van der Waals surface area (Å²) < 4.78 is 31.5. The topological polar surface area (TPSA) is 89.4 Å². The van der Waals surface area contributed by atoms with Crippen molar-refractivity contribution < 1.29 is 17.9 Å². The first-order valence-corrected chi connectivity index (χ1v) is 8.99. The number of benzene rings is 1. The van der Waals surface area contributed by atoms with Crippen LogP contribution in [0.15, 0.2) is 18.2 Å². The number of sulfonamides is 1. The van der Waals surface area contributed by atoms with Crippen molar-refractivity contribution in [3.63, 3.8) is 0 Å². The van der Waals surface area contributed by atoms with Gasteiger partial charge in [-0.25, -0.2) is 13.1 Å². The Labute approximate surface area is 135 Å². The minimum Gasteiger partial charge on any atom is -0.497 e. The van der Waals surface area contributed by atoms with Crippen LogP contribution in [0.5, 0.6) is 5.75 Å². The number of fused-ring (bicyclic) bond motifs is 1. The third-order valence-electron chi connectivity index (χ3n) is 3.70. The standard InChI is InChI=1S/C15H21N3O4S/c1-10-14(15(19)16-7-8-17-23(4,20)21)12-9-11(22-3)5-6-13(12)18(10)2/h5-6,9,17H,7-8H2,1-4H3,(H,16,19). The fourth-order valence-corrected chi connectivity index (χ4v) is 2.94. The summed E-state index contributed by atoms with van der Waals surface area (Å²) in [5.74, 6) is 0.438. The van der Waals surface area contributed by atoms with Gasteiger partial charge in [-0.3, -0.25) is 4.79 Å². The molecule has 0 saturated carbocycles. The monoisotopic (exact) mass is 339 g/mol. The average molecular weight is 339 g/mol. The fourth-order valence-electron chi connectivity index (χ4n) is 2.47. The number of nitrogens with one attached hydrogen (secondary N) is 2. The third kappa shape index (κ3) is 3.83. The number of rotatable bonds is 6. The van der Waals surface area contributed by atoms with Crippen molar-refractivity contribution in [3.8, 4) is 5.75 Å². The van der Waals surface area contributed by atoms with Gasteiger partial charge in [0.2, 0.25) is 10.0 Å². The number of hydrogen-bond acceptors (Lipinski definition) is 4. The molecule has 0 aliphatic rings. The van der Waals surface area contributed by atoms with Crippen LogP contribution in [0.2, 0.25) is 0 Å². The molecule has 1 aromatic carbocycles. The summed E-state index contributed by atoms with van der Waals surface area (Å²) in [6.07, 6.45) is 1.08. The molecule has 7 nitrogen and oxygen atoms in total. The second kappa shape index (κ2) is 6.59. The molecule has 0 radical (unpaired) electrons. The van der Waals surface area contributed by atoms with E-state index in [1.54, 1.807) is 7.11 Å². The highest BCUT2D eigenvalue weighted by molar-refractivity contribution is 7.88. The summed E-state index contributed by atoms with van der Waals surface area (Å²) in [5, 5.41) is 3.54. The SMILES string of the molecule is COc1ccc2c(c1)c(C(=O)NCCNS(C)(=O)=O)c(C)n2C. The van der Waals surface area contributed by atoms with Crippen molar-refractivity contribution in [1.29, 1.82) is 0 Å². The highest BCUT2D eigenvalue weighted by atomic mass is 32.2. The second-order valence-electron chi connectivity index (χ2n) is 5.32. The molecular weight excluding hydrogens is 318 g/mol. The highest BCUT2D eigenvalue weighted by Crippen LogP contribution is 2.28. The van der Waals surface area contributed by atoms with Gasteiger partial charge in [0.25, 0.3) is 5.91 Å². The molecule has 1 heterocycles. The fraction of sp³-hybridized carbons (Fsp3) is 0.400. The normalized spacial score (nSPS) is 11.7. The molecule has 126 valence electrons. The van der Waals surface area contributed by atoms with E-state index in [1.165, 1.54) is 0 Å². The number of aryl methyl sites for hydroxylation is 1. The number of carbonyl (C=O) groups is 1. The number of hydrogen-bond donors (Lipinski definition) is 2. The molecule has 2 rings (SSSR count). The van der Waals surface area contributed by atoms with Crippen molar-refractivity contribution in [3.05, 3.63) is 29.5 Å². The van der Waals surface area contributed by atoms with Crippen molar-refractivity contribution in [2.45, 2.75) is 6.92 Å². The summed E-state index contributed by atoms with van der Waals surface area (Å²) in [5.41, 5.74) is 2.34. The molecule has 0 aliphatic carbocycles. The Hall–Kier alpha value is -2.06. The number of amides is 1. The maximum Gasteiger partial charge on any atom is 0.253 e. The Morgan fingerprint density at radius 1 is 1.30 bits per heavy atom. The summed E-state index contributed by atoms with van der Waals surface area (Å²) in [4.78, 5) is 12.5. The predicted molar refractivity (Wildman–Crippen MR) is 89.4 cm³/mol. The van der Waals surface area contributed by atoms with Crippen molar-refractivity contribution in [2.75, 3.05) is 26.5 Å². The van der Waals surface area contributed by atoms with Gasteiger partial charge in [-0.1, -0.05) is 0 Å². The number of carbonyl (C=O) groups excluding carboxylic acids is 1. The molecule has 8 heteroatoms. The van der Waals surface area contributed by atoms with Gasteiger partial charge in [0.05, 0.1) is 18.9 Å². The van der Waals surface area contributed by atoms with Crippen LogP contribution in [0.1, 0.15) is 16.1 Å². The van der Waals surface area contributed by atoms with Crippen molar-refractivity contribution in [2.24, 2.45) is 7.05 Å². The van der Waals surface area contributed by atoms with E-state index in [0.29, 0.717) is 11.3 Å². The van der Waals surface area contributed by atoms with E-state index in [-0.39, 0.29) is 19.0 Å². The van der Waals surface area contributed by atoms with Crippen molar-refractivity contribution in [1.82, 2.24) is 14.6 Å². The van der Waals surface area contributed by atoms with Crippen LogP contribution >= 0.6 is 0 Å². The van der Waals surface area contributed by atoms with Crippen molar-refractivity contribution >= 4 is 26.8 Å². The van der Waals surface area contributed by atoms with Crippen LogP contribution < -0.4 is 14.8 Å². The second-order valence-corrected chi connectivity index (χ2v) is 7.16. The van der Waals surface area contributed by atoms with Crippen LogP contribution in [-0.4, -0.2) is 45.3 Å². The minimum absolute atomic E-state index is 0.151. The quantitative estimate of drug-likeness (QED) is 0.761. The molecule has 2 aromatic rings. The lowest BCUT2D eigenvalue weighted by Gasteiger charge is -2.06. The number of aromatic nitrogens is 1. The average Bonchev–Trinajstić information content (AvgIpc) is 2.73. The van der Waals surface area contributed by atoms with Crippen LogP contribution in [0.4, 0.5) is 0 Å². The Morgan fingerprint density at radius 3 is 2.61 bits per heavy atom. The lowest BCUT2D eigenvalue weighted by Crippen LogP contribution is -2.34. The smallest absolute Gasteiger partial charge is 0.253 e. The molecule has 0 unspecified atom stereocenters. The van der Waals surface area contributed by atoms with Crippen LogP contribution in [-0.2, 0) is 17.1 Å². The Kier molecular flexibility index (Phi) is 4.96. The highest BCUT2D eigenvalue weighted by Gasteiger charge is 2.18. The minimum atomic E-state index is -3.26. The molecule has 2 N–H and O–H groups in total. The van der Waals surface area contributed by atoms with E-state index < -0.39 is 10.0 Å². The van der Waals surface area contributed by atoms with Gasteiger partial charge in [-0.2, -0.15) is 0 Å². The molecule has 0 bridgehead atoms. The van der Waals surface area contributed by atoms with Gasteiger partial charge in [0, 0.05) is 36.7 Å². The molecule has 0 saturated heterocycles. The Balaban J connectivity index is 2.24. The molecule has 0 atom stereocenters. The summed E-state index contributed by atoms with van der Waals surface area (Å²) in [7, 11) is 0.216. The summed E-state index contributed by atoms with van der Waals surface area (Å²) in [6.45, 7) is 2.24. The van der Waals surface area contributed by atoms with Gasteiger partial charge in [-0.05, 0) is 25.1 Å². The van der Waals surface area contributed by atoms with E-state index in [4.69, 9.17) is 4.74 Å². The number of nitrogens with zero attached hydrogens (tertiary/aromatic N) is 1. The molecule has 1 aromatic heterocycles. The van der Waals surface area contributed by atoms with Crippen LogP contribution in [0.25, 0.3) is 10.9 Å². The van der Waals surface area contributed by atoms with E-state index in [9.17, 15) is 13.2 Å². The zero-order valence-electron chi connectivity index (χ0n) is 13.6. The van der Waals surface area contributed by atoms with Gasteiger partial charge in [-0.15, -0.1) is 0 Å². The molecular formula is C15H21N3O4S.